The van der Waals surface area contributed by atoms with Crippen molar-refractivity contribution in [3.8, 4) is 11.4 Å². The van der Waals surface area contributed by atoms with E-state index in [-0.39, 0.29) is 0 Å². The monoisotopic (exact) mass is 287 g/mol. The summed E-state index contributed by atoms with van der Waals surface area (Å²) in [4.78, 5) is 4.64. The number of nitrogen functional groups attached to an aromatic ring is 1. The fourth-order valence-electron chi connectivity index (χ4n) is 2.28. The van der Waals surface area contributed by atoms with Crippen molar-refractivity contribution in [2.24, 2.45) is 0 Å². The third-order valence-electron chi connectivity index (χ3n) is 3.18. The fourth-order valence-corrected chi connectivity index (χ4v) is 2.50. The molecule has 0 radical (unpaired) electrons. The second kappa shape index (κ2) is 5.15. The zero-order valence-electron chi connectivity index (χ0n) is 11.0. The predicted octanol–water partition coefficient (Wildman–Crippen LogP) is 3.54. The molecule has 2 aromatic carbocycles. The van der Waals surface area contributed by atoms with Gasteiger partial charge in [0, 0.05) is 12.7 Å². The Morgan fingerprint density at radius 1 is 1.20 bits per heavy atom. The van der Waals surface area contributed by atoms with Crippen LogP contribution in [-0.2, 0) is 11.5 Å². The van der Waals surface area contributed by atoms with Crippen molar-refractivity contribution in [3.63, 3.8) is 0 Å². The lowest BCUT2D eigenvalue weighted by molar-refractivity contribution is 0.135. The molecule has 1 aromatic heterocycles. The molecule has 0 aliphatic heterocycles. The molecular weight excluding hydrogens is 274 g/mol. The number of nitrogens with zero attached hydrogens (tertiary/aromatic N) is 2. The van der Waals surface area contributed by atoms with Crippen LogP contribution in [0.2, 0.25) is 5.02 Å². The van der Waals surface area contributed by atoms with E-state index < -0.39 is 0 Å². The normalized spacial score (nSPS) is 11.1. The standard InChI is InChI=1S/C15H14ClN3O/c1-20-9-19-13-8-4-7-12(17)14(13)18-15(19)10-5-2-3-6-11(10)16/h2-8H,9,17H2,1H3. The first-order valence-electron chi connectivity index (χ1n) is 6.21. The summed E-state index contributed by atoms with van der Waals surface area (Å²) in [5, 5.41) is 0.652. The van der Waals surface area contributed by atoms with E-state index in [0.717, 1.165) is 22.4 Å². The molecule has 0 saturated carbocycles. The van der Waals surface area contributed by atoms with Gasteiger partial charge in [-0.25, -0.2) is 4.98 Å². The Morgan fingerprint density at radius 3 is 2.75 bits per heavy atom. The molecule has 0 fully saturated rings. The number of para-hydroxylation sites is 1. The number of fused-ring (bicyclic) bond motifs is 1. The van der Waals surface area contributed by atoms with Gasteiger partial charge in [-0.2, -0.15) is 0 Å². The maximum Gasteiger partial charge on any atom is 0.144 e. The minimum atomic E-state index is 0.389. The molecule has 1 heterocycles. The van der Waals surface area contributed by atoms with Crippen LogP contribution < -0.4 is 5.73 Å². The highest BCUT2D eigenvalue weighted by Gasteiger charge is 2.15. The molecule has 2 N–H and O–H groups in total. The third kappa shape index (κ3) is 2.03. The number of halogens is 1. The van der Waals surface area contributed by atoms with Crippen molar-refractivity contribution >= 4 is 28.3 Å². The van der Waals surface area contributed by atoms with Crippen molar-refractivity contribution in [3.05, 3.63) is 47.5 Å². The first-order valence-corrected chi connectivity index (χ1v) is 6.58. The van der Waals surface area contributed by atoms with E-state index in [2.05, 4.69) is 4.98 Å². The van der Waals surface area contributed by atoms with Crippen molar-refractivity contribution in [2.75, 3.05) is 12.8 Å². The van der Waals surface area contributed by atoms with E-state index in [0.29, 0.717) is 17.4 Å². The van der Waals surface area contributed by atoms with Gasteiger partial charge in [0.1, 0.15) is 18.1 Å². The summed E-state index contributed by atoms with van der Waals surface area (Å²) in [5.74, 6) is 0.755. The summed E-state index contributed by atoms with van der Waals surface area (Å²) in [5.41, 5.74) is 9.20. The predicted molar refractivity (Wildman–Crippen MR) is 81.6 cm³/mol. The van der Waals surface area contributed by atoms with Crippen molar-refractivity contribution < 1.29 is 4.74 Å². The number of ether oxygens (including phenoxy) is 1. The van der Waals surface area contributed by atoms with E-state index in [9.17, 15) is 0 Å². The van der Waals surface area contributed by atoms with Crippen LogP contribution in [0.15, 0.2) is 42.5 Å². The Bertz CT molecular complexity index is 767. The van der Waals surface area contributed by atoms with Gasteiger partial charge in [0.05, 0.1) is 16.2 Å². The summed E-state index contributed by atoms with van der Waals surface area (Å²) in [6.45, 7) is 0.389. The molecule has 0 unspecified atom stereocenters. The number of benzene rings is 2. The Labute approximate surface area is 121 Å². The maximum atomic E-state index is 6.27. The van der Waals surface area contributed by atoms with Gasteiger partial charge >= 0.3 is 0 Å². The highest BCUT2D eigenvalue weighted by molar-refractivity contribution is 6.33. The quantitative estimate of drug-likeness (QED) is 0.750. The van der Waals surface area contributed by atoms with Gasteiger partial charge in [0.2, 0.25) is 0 Å². The van der Waals surface area contributed by atoms with Crippen molar-refractivity contribution in [1.82, 2.24) is 9.55 Å². The van der Waals surface area contributed by atoms with Crippen LogP contribution in [0.4, 0.5) is 5.69 Å². The lowest BCUT2D eigenvalue weighted by Crippen LogP contribution is -2.02. The van der Waals surface area contributed by atoms with Crippen LogP contribution in [0.1, 0.15) is 0 Å². The highest BCUT2D eigenvalue weighted by Crippen LogP contribution is 2.31. The van der Waals surface area contributed by atoms with Gasteiger partial charge in [-0.3, -0.25) is 4.57 Å². The van der Waals surface area contributed by atoms with Crippen LogP contribution in [0.5, 0.6) is 0 Å². The molecule has 0 aliphatic rings. The number of aromatic nitrogens is 2. The van der Waals surface area contributed by atoms with Gasteiger partial charge in [-0.1, -0.05) is 29.8 Å². The fraction of sp³-hybridized carbons (Fsp3) is 0.133. The Hall–Kier alpha value is -2.04. The molecule has 0 saturated heterocycles. The smallest absolute Gasteiger partial charge is 0.144 e. The first kappa shape index (κ1) is 13.0. The van der Waals surface area contributed by atoms with Gasteiger partial charge in [0.25, 0.3) is 0 Å². The average molecular weight is 288 g/mol. The Morgan fingerprint density at radius 2 is 2.00 bits per heavy atom. The summed E-state index contributed by atoms with van der Waals surface area (Å²) < 4.78 is 7.24. The number of imidazole rings is 1. The van der Waals surface area contributed by atoms with Gasteiger partial charge in [-0.05, 0) is 24.3 Å². The molecule has 0 atom stereocenters. The number of anilines is 1. The van der Waals surface area contributed by atoms with E-state index in [1.54, 1.807) is 7.11 Å². The minimum absolute atomic E-state index is 0.389. The van der Waals surface area contributed by atoms with Crippen molar-refractivity contribution in [1.29, 1.82) is 0 Å². The van der Waals surface area contributed by atoms with Gasteiger partial charge < -0.3 is 10.5 Å². The van der Waals surface area contributed by atoms with Gasteiger partial charge in [0.15, 0.2) is 0 Å². The van der Waals surface area contributed by atoms with Crippen LogP contribution in [0.25, 0.3) is 22.4 Å². The minimum Gasteiger partial charge on any atom is -0.397 e. The van der Waals surface area contributed by atoms with E-state index in [1.165, 1.54) is 0 Å². The first-order chi connectivity index (χ1) is 9.72. The number of rotatable bonds is 3. The number of hydrogen-bond acceptors (Lipinski definition) is 3. The molecule has 3 rings (SSSR count). The largest absolute Gasteiger partial charge is 0.397 e. The molecular formula is C15H14ClN3O. The van der Waals surface area contributed by atoms with Crippen LogP contribution in [0, 0.1) is 0 Å². The van der Waals surface area contributed by atoms with Crippen LogP contribution in [-0.4, -0.2) is 16.7 Å². The number of hydrogen-bond donors (Lipinski definition) is 1. The highest BCUT2D eigenvalue weighted by atomic mass is 35.5. The Balaban J connectivity index is 2.32. The molecule has 3 aromatic rings. The molecule has 20 heavy (non-hydrogen) atoms. The lowest BCUT2D eigenvalue weighted by atomic mass is 10.2. The second-order valence-electron chi connectivity index (χ2n) is 4.48. The van der Waals surface area contributed by atoms with Gasteiger partial charge in [-0.15, -0.1) is 0 Å². The molecule has 0 spiro atoms. The molecule has 102 valence electrons. The van der Waals surface area contributed by atoms with Crippen LogP contribution in [0.3, 0.4) is 0 Å². The number of methoxy groups -OCH3 is 1. The molecule has 0 amide bonds. The lowest BCUT2D eigenvalue weighted by Gasteiger charge is -2.09. The zero-order chi connectivity index (χ0) is 14.1. The van der Waals surface area contributed by atoms with E-state index in [1.807, 2.05) is 47.0 Å². The molecule has 4 nitrogen and oxygen atoms in total. The summed E-state index contributed by atoms with van der Waals surface area (Å²) in [6, 6.07) is 13.3. The topological polar surface area (TPSA) is 53.1 Å². The SMILES string of the molecule is COCn1c(-c2ccccc2Cl)nc2c(N)cccc21. The molecule has 0 bridgehead atoms. The average Bonchev–Trinajstić information content (AvgIpc) is 2.80. The van der Waals surface area contributed by atoms with E-state index >= 15 is 0 Å². The second-order valence-corrected chi connectivity index (χ2v) is 4.88. The maximum absolute atomic E-state index is 6.27. The van der Waals surface area contributed by atoms with Crippen molar-refractivity contribution in [2.45, 2.75) is 6.73 Å². The summed E-state index contributed by atoms with van der Waals surface area (Å²) in [7, 11) is 1.65. The summed E-state index contributed by atoms with van der Waals surface area (Å²) in [6.07, 6.45) is 0. The molecule has 5 heteroatoms. The zero-order valence-corrected chi connectivity index (χ0v) is 11.8. The van der Waals surface area contributed by atoms with Crippen LogP contribution >= 0.6 is 11.6 Å². The Kier molecular flexibility index (Phi) is 3.34. The molecule has 0 aliphatic carbocycles. The third-order valence-corrected chi connectivity index (χ3v) is 3.51. The number of nitrogens with two attached hydrogens (primary N) is 1. The van der Waals surface area contributed by atoms with E-state index in [4.69, 9.17) is 22.1 Å². The summed E-state index contributed by atoms with van der Waals surface area (Å²) >= 11 is 6.27.